The minimum atomic E-state index is -0.0786. The van der Waals surface area contributed by atoms with Gasteiger partial charge in [0.15, 0.2) is 5.78 Å². The Morgan fingerprint density at radius 3 is 2.84 bits per heavy atom. The predicted octanol–water partition coefficient (Wildman–Crippen LogP) is 4.72. The summed E-state index contributed by atoms with van der Waals surface area (Å²) in [6.07, 6.45) is 5.85. The highest BCUT2D eigenvalue weighted by Gasteiger charge is 2.10. The van der Waals surface area contributed by atoms with Gasteiger partial charge in [-0.3, -0.25) is 9.59 Å². The number of carbonyl (C=O) groups excluding carboxylic acids is 2. The second-order valence-electron chi connectivity index (χ2n) is 5.40. The number of carbonyl (C=O) groups is 2. The van der Waals surface area contributed by atoms with Crippen LogP contribution in [0.2, 0.25) is 5.02 Å². The van der Waals surface area contributed by atoms with Crippen LogP contribution in [0.15, 0.2) is 30.5 Å². The third-order valence-electron chi connectivity index (χ3n) is 3.25. The second kappa shape index (κ2) is 8.78. The lowest BCUT2D eigenvalue weighted by Crippen LogP contribution is -2.28. The van der Waals surface area contributed by atoms with Gasteiger partial charge in [0, 0.05) is 31.1 Å². The number of hydrogen-bond acceptors (Lipinski definition) is 5. The highest BCUT2D eigenvalue weighted by atomic mass is 35.5. The molecule has 0 fully saturated rings. The molecule has 132 valence electrons. The molecule has 1 aromatic carbocycles. The third-order valence-corrected chi connectivity index (χ3v) is 4.39. The summed E-state index contributed by atoms with van der Waals surface area (Å²) in [5.41, 5.74) is 0.564. The Kier molecular flexibility index (Phi) is 6.73. The molecule has 1 atom stereocenters. The van der Waals surface area contributed by atoms with Crippen molar-refractivity contribution >= 4 is 40.7 Å². The number of nitrogens with zero attached hydrogens (tertiary/aromatic N) is 1. The number of hydrogen-bond donors (Lipinski definition) is 1. The lowest BCUT2D eigenvalue weighted by molar-refractivity contribution is -0.119. The van der Waals surface area contributed by atoms with Gasteiger partial charge in [-0.2, -0.15) is 0 Å². The smallest absolute Gasteiger partial charge is 0.279 e. The van der Waals surface area contributed by atoms with Crippen molar-refractivity contribution < 1.29 is 14.3 Å². The molecular formula is C18H19ClN2O3S. The standard InChI is InChI=1S/C18H19ClN2O3S/c1-4-16(23)13-6-8-17(15(19)9-13)24-18-20-10-14(25-18)7-5-11(2)21-12(3)22/h5-11H,4H2,1-3H3,(H,21,22)/b7-5+/t11-/m0/s1. The van der Waals surface area contributed by atoms with Crippen molar-refractivity contribution in [1.29, 1.82) is 0 Å². The molecule has 1 aromatic heterocycles. The van der Waals surface area contributed by atoms with Crippen molar-refractivity contribution in [2.45, 2.75) is 33.2 Å². The number of halogens is 1. The van der Waals surface area contributed by atoms with Crippen molar-refractivity contribution in [3.05, 3.63) is 45.9 Å². The van der Waals surface area contributed by atoms with E-state index in [0.29, 0.717) is 28.0 Å². The molecular weight excluding hydrogens is 360 g/mol. The van der Waals surface area contributed by atoms with Crippen LogP contribution in [0.3, 0.4) is 0 Å². The molecule has 0 bridgehead atoms. The highest BCUT2D eigenvalue weighted by molar-refractivity contribution is 7.14. The maximum Gasteiger partial charge on any atom is 0.279 e. The fourth-order valence-corrected chi connectivity index (χ4v) is 2.97. The Bertz CT molecular complexity index is 801. The van der Waals surface area contributed by atoms with Crippen molar-refractivity contribution in [3.8, 4) is 10.9 Å². The minimum Gasteiger partial charge on any atom is -0.429 e. The molecule has 0 aliphatic heterocycles. The van der Waals surface area contributed by atoms with Gasteiger partial charge in [-0.25, -0.2) is 4.98 Å². The van der Waals surface area contributed by atoms with E-state index in [9.17, 15) is 9.59 Å². The topological polar surface area (TPSA) is 68.3 Å². The first-order valence-electron chi connectivity index (χ1n) is 7.80. The monoisotopic (exact) mass is 378 g/mol. The lowest BCUT2D eigenvalue weighted by atomic mass is 10.1. The van der Waals surface area contributed by atoms with Gasteiger partial charge in [-0.05, 0) is 31.2 Å². The average Bonchev–Trinajstić information content (AvgIpc) is 3.01. The van der Waals surface area contributed by atoms with Gasteiger partial charge >= 0.3 is 0 Å². The van der Waals surface area contributed by atoms with E-state index < -0.39 is 0 Å². The van der Waals surface area contributed by atoms with Gasteiger partial charge in [0.2, 0.25) is 5.91 Å². The number of thiazole rings is 1. The van der Waals surface area contributed by atoms with Crippen LogP contribution in [-0.4, -0.2) is 22.7 Å². The predicted molar refractivity (Wildman–Crippen MR) is 101 cm³/mol. The van der Waals surface area contributed by atoms with Crippen molar-refractivity contribution in [1.82, 2.24) is 10.3 Å². The number of amides is 1. The molecule has 7 heteroatoms. The number of benzene rings is 1. The maximum atomic E-state index is 11.7. The van der Waals surface area contributed by atoms with Crippen LogP contribution < -0.4 is 10.1 Å². The Hall–Kier alpha value is -2.18. The summed E-state index contributed by atoms with van der Waals surface area (Å²) in [6.45, 7) is 5.17. The van der Waals surface area contributed by atoms with Crippen molar-refractivity contribution in [2.75, 3.05) is 0 Å². The molecule has 0 saturated carbocycles. The first-order chi connectivity index (χ1) is 11.9. The molecule has 0 aliphatic rings. The van der Waals surface area contributed by atoms with E-state index in [1.807, 2.05) is 19.1 Å². The molecule has 0 spiro atoms. The first-order valence-corrected chi connectivity index (χ1v) is 9.00. The van der Waals surface area contributed by atoms with E-state index in [0.717, 1.165) is 4.88 Å². The number of ether oxygens (including phenoxy) is 1. The molecule has 1 heterocycles. The summed E-state index contributed by atoms with van der Waals surface area (Å²) in [5.74, 6) is 0.402. The molecule has 5 nitrogen and oxygen atoms in total. The van der Waals surface area contributed by atoms with Gasteiger partial charge in [0.1, 0.15) is 5.75 Å². The summed E-state index contributed by atoms with van der Waals surface area (Å²) in [7, 11) is 0. The van der Waals surface area contributed by atoms with Gasteiger partial charge in [-0.1, -0.05) is 35.9 Å². The molecule has 25 heavy (non-hydrogen) atoms. The Balaban J connectivity index is 2.05. The molecule has 1 amide bonds. The van der Waals surface area contributed by atoms with Crippen LogP contribution in [-0.2, 0) is 4.79 Å². The van der Waals surface area contributed by atoms with E-state index in [-0.39, 0.29) is 17.7 Å². The molecule has 0 aliphatic carbocycles. The molecule has 2 rings (SSSR count). The quantitative estimate of drug-likeness (QED) is 0.708. The highest BCUT2D eigenvalue weighted by Crippen LogP contribution is 2.33. The average molecular weight is 379 g/mol. The van der Waals surface area contributed by atoms with E-state index in [2.05, 4.69) is 10.3 Å². The van der Waals surface area contributed by atoms with Crippen molar-refractivity contribution in [2.24, 2.45) is 0 Å². The van der Waals surface area contributed by atoms with Gasteiger partial charge < -0.3 is 10.1 Å². The summed E-state index contributed by atoms with van der Waals surface area (Å²) in [4.78, 5) is 27.8. The third kappa shape index (κ3) is 5.69. The molecule has 0 radical (unpaired) electrons. The van der Waals surface area contributed by atoms with Gasteiger partial charge in [-0.15, -0.1) is 0 Å². The second-order valence-corrected chi connectivity index (χ2v) is 6.83. The number of aromatic nitrogens is 1. The number of rotatable bonds is 7. The summed E-state index contributed by atoms with van der Waals surface area (Å²) >= 11 is 7.54. The Labute approximate surface area is 155 Å². The Morgan fingerprint density at radius 2 is 2.20 bits per heavy atom. The number of Topliss-reactive ketones (excluding diaryl/α,β-unsaturated/α-hetero) is 1. The van der Waals surface area contributed by atoms with E-state index >= 15 is 0 Å². The molecule has 0 unspecified atom stereocenters. The normalized spacial score (nSPS) is 12.2. The zero-order valence-electron chi connectivity index (χ0n) is 14.2. The lowest BCUT2D eigenvalue weighted by Gasteiger charge is -2.06. The number of ketones is 1. The SMILES string of the molecule is CCC(=O)c1ccc(Oc2ncc(/C=C/[C@H](C)NC(C)=O)s2)c(Cl)c1. The summed E-state index contributed by atoms with van der Waals surface area (Å²) in [5, 5.41) is 3.58. The van der Waals surface area contributed by atoms with Gasteiger partial charge in [0.25, 0.3) is 5.19 Å². The van der Waals surface area contributed by atoms with Crippen LogP contribution in [0.25, 0.3) is 6.08 Å². The van der Waals surface area contributed by atoms with Crippen LogP contribution in [0.1, 0.15) is 42.4 Å². The summed E-state index contributed by atoms with van der Waals surface area (Å²) in [6, 6.07) is 4.89. The van der Waals surface area contributed by atoms with E-state index in [1.54, 1.807) is 31.3 Å². The maximum absolute atomic E-state index is 11.7. The minimum absolute atomic E-state index is 0.0309. The fourth-order valence-electron chi connectivity index (χ4n) is 2.06. The van der Waals surface area contributed by atoms with E-state index in [4.69, 9.17) is 16.3 Å². The van der Waals surface area contributed by atoms with Gasteiger partial charge in [0.05, 0.1) is 9.90 Å². The molecule has 1 N–H and O–H groups in total. The van der Waals surface area contributed by atoms with E-state index in [1.165, 1.54) is 18.3 Å². The zero-order valence-corrected chi connectivity index (χ0v) is 15.8. The largest absolute Gasteiger partial charge is 0.429 e. The summed E-state index contributed by atoms with van der Waals surface area (Å²) < 4.78 is 5.69. The number of nitrogens with one attached hydrogen (secondary N) is 1. The first kappa shape index (κ1) is 19.1. The van der Waals surface area contributed by atoms with Crippen LogP contribution in [0, 0.1) is 0 Å². The Morgan fingerprint density at radius 1 is 1.44 bits per heavy atom. The van der Waals surface area contributed by atoms with Crippen LogP contribution >= 0.6 is 22.9 Å². The van der Waals surface area contributed by atoms with Crippen molar-refractivity contribution in [3.63, 3.8) is 0 Å². The molecule has 2 aromatic rings. The van der Waals surface area contributed by atoms with Crippen LogP contribution in [0.5, 0.6) is 10.9 Å². The van der Waals surface area contributed by atoms with Crippen LogP contribution in [0.4, 0.5) is 0 Å². The zero-order chi connectivity index (χ0) is 18.4. The molecule has 0 saturated heterocycles. The fraction of sp³-hybridized carbons (Fsp3) is 0.278.